The van der Waals surface area contributed by atoms with E-state index in [1.165, 1.54) is 11.4 Å². The number of hydrogen-bond acceptors (Lipinski definition) is 1. The Kier molecular flexibility index (Phi) is 4.74. The second-order valence-electron chi connectivity index (χ2n) is 3.14. The van der Waals surface area contributed by atoms with E-state index in [0.717, 1.165) is 19.4 Å². The SMILES string of the molecule is CCc1cc(CC)n(C/C=C/CCl)n1. The number of rotatable bonds is 5. The van der Waals surface area contributed by atoms with Gasteiger partial charge in [-0.05, 0) is 18.9 Å². The molecule has 0 saturated carbocycles. The van der Waals surface area contributed by atoms with Crippen molar-refractivity contribution in [3.63, 3.8) is 0 Å². The zero-order valence-corrected chi connectivity index (χ0v) is 9.59. The van der Waals surface area contributed by atoms with E-state index in [-0.39, 0.29) is 0 Å². The number of alkyl halides is 1. The van der Waals surface area contributed by atoms with Gasteiger partial charge in [0.05, 0.1) is 12.2 Å². The molecule has 1 heterocycles. The van der Waals surface area contributed by atoms with Crippen LogP contribution in [0.25, 0.3) is 0 Å². The van der Waals surface area contributed by atoms with Gasteiger partial charge in [-0.1, -0.05) is 26.0 Å². The Morgan fingerprint density at radius 1 is 1.36 bits per heavy atom. The van der Waals surface area contributed by atoms with E-state index in [4.69, 9.17) is 11.6 Å². The lowest BCUT2D eigenvalue weighted by molar-refractivity contribution is 0.652. The molecule has 2 nitrogen and oxygen atoms in total. The molecule has 0 radical (unpaired) electrons. The first-order chi connectivity index (χ1) is 6.81. The van der Waals surface area contributed by atoms with Crippen molar-refractivity contribution >= 4 is 11.6 Å². The van der Waals surface area contributed by atoms with Crippen LogP contribution in [0.15, 0.2) is 18.2 Å². The van der Waals surface area contributed by atoms with Crippen molar-refractivity contribution in [2.24, 2.45) is 0 Å². The van der Waals surface area contributed by atoms with Crippen molar-refractivity contribution in [3.05, 3.63) is 29.6 Å². The Bertz CT molecular complexity index is 302. The van der Waals surface area contributed by atoms with Crippen LogP contribution in [0.4, 0.5) is 0 Å². The largest absolute Gasteiger partial charge is 0.266 e. The Balaban J connectivity index is 2.73. The first-order valence-electron chi connectivity index (χ1n) is 5.08. The standard InChI is InChI=1S/C11H17ClN2/c1-3-10-9-11(4-2)14(13-10)8-6-5-7-12/h5-6,9H,3-4,7-8H2,1-2H3/b6-5+. The minimum absolute atomic E-state index is 0.573. The van der Waals surface area contributed by atoms with Gasteiger partial charge in [0, 0.05) is 11.6 Å². The minimum atomic E-state index is 0.573. The summed E-state index contributed by atoms with van der Waals surface area (Å²) in [5.41, 5.74) is 2.46. The van der Waals surface area contributed by atoms with E-state index in [1.807, 2.05) is 10.8 Å². The summed E-state index contributed by atoms with van der Waals surface area (Å²) in [6.45, 7) is 5.11. The van der Waals surface area contributed by atoms with Crippen LogP contribution >= 0.6 is 11.6 Å². The molecule has 1 rings (SSSR count). The number of aryl methyl sites for hydroxylation is 2. The van der Waals surface area contributed by atoms with Gasteiger partial charge in [-0.3, -0.25) is 4.68 Å². The predicted molar refractivity (Wildman–Crippen MR) is 60.8 cm³/mol. The first kappa shape index (κ1) is 11.3. The van der Waals surface area contributed by atoms with Crippen LogP contribution in [0.3, 0.4) is 0 Å². The normalized spacial score (nSPS) is 11.4. The monoisotopic (exact) mass is 212 g/mol. The highest BCUT2D eigenvalue weighted by Gasteiger charge is 2.02. The molecule has 0 bridgehead atoms. The third kappa shape index (κ3) is 2.88. The lowest BCUT2D eigenvalue weighted by Crippen LogP contribution is -2.02. The smallest absolute Gasteiger partial charge is 0.0624 e. The topological polar surface area (TPSA) is 17.8 Å². The van der Waals surface area contributed by atoms with Crippen LogP contribution in [0.2, 0.25) is 0 Å². The maximum Gasteiger partial charge on any atom is 0.0624 e. The first-order valence-corrected chi connectivity index (χ1v) is 5.61. The van der Waals surface area contributed by atoms with E-state index in [0.29, 0.717) is 5.88 Å². The van der Waals surface area contributed by atoms with Gasteiger partial charge in [-0.25, -0.2) is 0 Å². The molecule has 3 heteroatoms. The third-order valence-corrected chi connectivity index (χ3v) is 2.35. The molecule has 0 aliphatic heterocycles. The quantitative estimate of drug-likeness (QED) is 0.542. The second kappa shape index (κ2) is 5.86. The number of hydrogen-bond donors (Lipinski definition) is 0. The van der Waals surface area contributed by atoms with Gasteiger partial charge in [0.1, 0.15) is 0 Å². The second-order valence-corrected chi connectivity index (χ2v) is 3.45. The zero-order chi connectivity index (χ0) is 10.4. The van der Waals surface area contributed by atoms with Crippen molar-refractivity contribution in [1.29, 1.82) is 0 Å². The minimum Gasteiger partial charge on any atom is -0.266 e. The van der Waals surface area contributed by atoms with Gasteiger partial charge < -0.3 is 0 Å². The van der Waals surface area contributed by atoms with Crippen molar-refractivity contribution < 1.29 is 0 Å². The third-order valence-electron chi connectivity index (χ3n) is 2.17. The van der Waals surface area contributed by atoms with Gasteiger partial charge in [0.25, 0.3) is 0 Å². The number of aromatic nitrogens is 2. The number of nitrogens with zero attached hydrogens (tertiary/aromatic N) is 2. The molecular weight excluding hydrogens is 196 g/mol. The lowest BCUT2D eigenvalue weighted by Gasteiger charge is -2.00. The molecule has 0 fully saturated rings. The van der Waals surface area contributed by atoms with Gasteiger partial charge in [-0.2, -0.15) is 5.10 Å². The van der Waals surface area contributed by atoms with Crippen molar-refractivity contribution in [1.82, 2.24) is 9.78 Å². The van der Waals surface area contributed by atoms with Crippen LogP contribution < -0.4 is 0 Å². The van der Waals surface area contributed by atoms with E-state index < -0.39 is 0 Å². The molecule has 0 aromatic carbocycles. The summed E-state index contributed by atoms with van der Waals surface area (Å²) in [4.78, 5) is 0. The highest BCUT2D eigenvalue weighted by molar-refractivity contribution is 6.18. The summed E-state index contributed by atoms with van der Waals surface area (Å²) in [7, 11) is 0. The van der Waals surface area contributed by atoms with Crippen molar-refractivity contribution in [2.75, 3.05) is 5.88 Å². The molecule has 0 aliphatic rings. The van der Waals surface area contributed by atoms with E-state index >= 15 is 0 Å². The molecule has 0 saturated heterocycles. The average molecular weight is 213 g/mol. The Morgan fingerprint density at radius 3 is 2.71 bits per heavy atom. The summed E-state index contributed by atoms with van der Waals surface area (Å²) >= 11 is 5.56. The van der Waals surface area contributed by atoms with E-state index in [9.17, 15) is 0 Å². The van der Waals surface area contributed by atoms with Crippen LogP contribution in [0, 0.1) is 0 Å². The van der Waals surface area contributed by atoms with Gasteiger partial charge in [-0.15, -0.1) is 11.6 Å². The lowest BCUT2D eigenvalue weighted by atomic mass is 10.2. The highest BCUT2D eigenvalue weighted by Crippen LogP contribution is 2.06. The van der Waals surface area contributed by atoms with Crippen molar-refractivity contribution in [2.45, 2.75) is 33.2 Å². The predicted octanol–water partition coefficient (Wildman–Crippen LogP) is 2.80. The molecule has 1 aromatic rings. The van der Waals surface area contributed by atoms with Crippen LogP contribution in [0.1, 0.15) is 25.2 Å². The molecule has 14 heavy (non-hydrogen) atoms. The Morgan fingerprint density at radius 2 is 2.14 bits per heavy atom. The molecule has 0 spiro atoms. The fraction of sp³-hybridized carbons (Fsp3) is 0.545. The fourth-order valence-corrected chi connectivity index (χ4v) is 1.49. The zero-order valence-electron chi connectivity index (χ0n) is 8.83. The van der Waals surface area contributed by atoms with Crippen LogP contribution in [0.5, 0.6) is 0 Å². The van der Waals surface area contributed by atoms with Crippen LogP contribution in [-0.2, 0) is 19.4 Å². The molecule has 0 unspecified atom stereocenters. The van der Waals surface area contributed by atoms with Crippen LogP contribution in [-0.4, -0.2) is 15.7 Å². The van der Waals surface area contributed by atoms with Gasteiger partial charge >= 0.3 is 0 Å². The molecule has 0 aliphatic carbocycles. The van der Waals surface area contributed by atoms with Gasteiger partial charge in [0.2, 0.25) is 0 Å². The maximum atomic E-state index is 5.56. The van der Waals surface area contributed by atoms with Gasteiger partial charge in [0.15, 0.2) is 0 Å². The molecular formula is C11H17ClN2. The van der Waals surface area contributed by atoms with Crippen molar-refractivity contribution in [3.8, 4) is 0 Å². The summed E-state index contributed by atoms with van der Waals surface area (Å²) in [6.07, 6.45) is 6.04. The molecule has 1 aromatic heterocycles. The number of halogens is 1. The van der Waals surface area contributed by atoms with E-state index in [1.54, 1.807) is 0 Å². The highest BCUT2D eigenvalue weighted by atomic mass is 35.5. The Hall–Kier alpha value is -0.760. The van der Waals surface area contributed by atoms with E-state index in [2.05, 4.69) is 31.1 Å². The summed E-state index contributed by atoms with van der Waals surface area (Å²) in [5, 5.41) is 4.49. The molecule has 78 valence electrons. The number of allylic oxidation sites excluding steroid dienone is 2. The summed E-state index contributed by atoms with van der Waals surface area (Å²) in [5.74, 6) is 0.573. The molecule has 0 N–H and O–H groups in total. The summed E-state index contributed by atoms with van der Waals surface area (Å²) < 4.78 is 2.04. The molecule has 0 amide bonds. The average Bonchev–Trinajstić information content (AvgIpc) is 2.61. The summed E-state index contributed by atoms with van der Waals surface area (Å²) in [6, 6.07) is 2.18. The molecule has 0 atom stereocenters. The maximum absolute atomic E-state index is 5.56. The fourth-order valence-electron chi connectivity index (χ4n) is 1.37. The Labute approximate surface area is 90.6 Å².